The molecule has 0 bridgehead atoms. The van der Waals surface area contributed by atoms with E-state index in [0.717, 1.165) is 24.9 Å². The Labute approximate surface area is 162 Å². The first-order valence-electron chi connectivity index (χ1n) is 9.47. The van der Waals surface area contributed by atoms with Gasteiger partial charge in [0.25, 0.3) is 11.6 Å². The van der Waals surface area contributed by atoms with Crippen LogP contribution >= 0.6 is 0 Å². The van der Waals surface area contributed by atoms with Crippen LogP contribution in [0.5, 0.6) is 0 Å². The van der Waals surface area contributed by atoms with Crippen LogP contribution < -0.4 is 10.2 Å². The lowest BCUT2D eigenvalue weighted by molar-refractivity contribution is -0.384. The van der Waals surface area contributed by atoms with Gasteiger partial charge in [0.1, 0.15) is 11.4 Å². The molecular weight excluding hydrogens is 360 g/mol. The molecule has 1 aromatic heterocycles. The van der Waals surface area contributed by atoms with Gasteiger partial charge in [-0.15, -0.1) is 0 Å². The number of carbonyl (C=O) groups excluding carboxylic acids is 1. The van der Waals surface area contributed by atoms with Gasteiger partial charge in [-0.25, -0.2) is 4.98 Å². The van der Waals surface area contributed by atoms with E-state index in [1.807, 2.05) is 6.92 Å². The Kier molecular flexibility index (Phi) is 4.81. The number of aromatic nitrogens is 2. The fourth-order valence-electron chi connectivity index (χ4n) is 3.88. The molecule has 0 aliphatic carbocycles. The van der Waals surface area contributed by atoms with Gasteiger partial charge in [0.2, 0.25) is 5.95 Å². The maximum atomic E-state index is 13.2. The lowest BCUT2D eigenvalue weighted by Gasteiger charge is -2.27. The SMILES string of the molecule is CCNc1ncc2c(n1)N1CCC[C@H]1CN(Cc1ccc([N+](=O)[O-])cc1)C2=O. The molecule has 2 aliphatic heterocycles. The van der Waals surface area contributed by atoms with Crippen molar-refractivity contribution in [2.24, 2.45) is 0 Å². The number of non-ortho nitro benzene ring substituents is 1. The molecule has 1 fully saturated rings. The highest BCUT2D eigenvalue weighted by molar-refractivity contribution is 5.99. The van der Waals surface area contributed by atoms with Crippen molar-refractivity contribution in [1.29, 1.82) is 0 Å². The van der Waals surface area contributed by atoms with E-state index in [0.29, 0.717) is 37.0 Å². The van der Waals surface area contributed by atoms with Gasteiger partial charge in [0.15, 0.2) is 0 Å². The first-order chi connectivity index (χ1) is 13.6. The Morgan fingerprint density at radius 3 is 2.82 bits per heavy atom. The highest BCUT2D eigenvalue weighted by atomic mass is 16.6. The molecule has 9 nitrogen and oxygen atoms in total. The summed E-state index contributed by atoms with van der Waals surface area (Å²) in [4.78, 5) is 36.5. The lowest BCUT2D eigenvalue weighted by Crippen LogP contribution is -2.39. The third kappa shape index (κ3) is 3.35. The number of nitrogens with one attached hydrogen (secondary N) is 1. The number of carbonyl (C=O) groups is 1. The molecular formula is C19H22N6O3. The topological polar surface area (TPSA) is 104 Å². The number of nitro benzene ring substituents is 1. The number of rotatable bonds is 5. The highest BCUT2D eigenvalue weighted by Crippen LogP contribution is 2.32. The van der Waals surface area contributed by atoms with Crippen LogP contribution in [-0.2, 0) is 6.54 Å². The second-order valence-electron chi connectivity index (χ2n) is 7.06. The summed E-state index contributed by atoms with van der Waals surface area (Å²) >= 11 is 0. The van der Waals surface area contributed by atoms with Gasteiger partial charge in [0.05, 0.1) is 4.92 Å². The molecule has 1 aromatic carbocycles. The summed E-state index contributed by atoms with van der Waals surface area (Å²) < 4.78 is 0. The van der Waals surface area contributed by atoms with Gasteiger partial charge in [-0.1, -0.05) is 12.1 Å². The molecule has 1 amide bonds. The average Bonchev–Trinajstić information content (AvgIpc) is 3.12. The molecule has 1 atom stereocenters. The Morgan fingerprint density at radius 2 is 2.11 bits per heavy atom. The van der Waals surface area contributed by atoms with Gasteiger partial charge in [-0.2, -0.15) is 4.98 Å². The minimum atomic E-state index is -0.424. The van der Waals surface area contributed by atoms with Crippen LogP contribution in [0.3, 0.4) is 0 Å². The summed E-state index contributed by atoms with van der Waals surface area (Å²) in [6, 6.07) is 6.56. The summed E-state index contributed by atoms with van der Waals surface area (Å²) in [5, 5.41) is 14.0. The monoisotopic (exact) mass is 382 g/mol. The Bertz CT molecular complexity index is 901. The van der Waals surface area contributed by atoms with Crippen LogP contribution in [0.2, 0.25) is 0 Å². The smallest absolute Gasteiger partial charge is 0.269 e. The molecule has 0 spiro atoms. The Morgan fingerprint density at radius 1 is 1.32 bits per heavy atom. The largest absolute Gasteiger partial charge is 0.354 e. The Balaban J connectivity index is 1.64. The normalized spacial score (nSPS) is 18.5. The summed E-state index contributed by atoms with van der Waals surface area (Å²) in [6.07, 6.45) is 3.67. The van der Waals surface area contributed by atoms with Gasteiger partial charge < -0.3 is 15.1 Å². The van der Waals surface area contributed by atoms with Crippen molar-refractivity contribution in [2.45, 2.75) is 32.4 Å². The van der Waals surface area contributed by atoms with E-state index in [-0.39, 0.29) is 17.6 Å². The standard InChI is InChI=1S/C19H22N6O3/c1-2-20-19-21-10-16-17(22-19)24-9-3-4-15(24)12-23(18(16)26)11-13-5-7-14(8-6-13)25(27)28/h5-8,10,15H,2-4,9,11-12H2,1H3,(H,20,21,22)/t15-/m0/s1. The number of fused-ring (bicyclic) bond motifs is 3. The maximum absolute atomic E-state index is 13.2. The first kappa shape index (κ1) is 18.1. The van der Waals surface area contributed by atoms with E-state index in [2.05, 4.69) is 20.2 Å². The van der Waals surface area contributed by atoms with Gasteiger partial charge >= 0.3 is 0 Å². The third-order valence-electron chi connectivity index (χ3n) is 5.22. The number of hydrogen-bond acceptors (Lipinski definition) is 7. The van der Waals surface area contributed by atoms with Gasteiger partial charge in [-0.3, -0.25) is 14.9 Å². The molecule has 1 N–H and O–H groups in total. The highest BCUT2D eigenvalue weighted by Gasteiger charge is 2.36. The van der Waals surface area contributed by atoms with Crippen LogP contribution in [0.25, 0.3) is 0 Å². The first-order valence-corrected chi connectivity index (χ1v) is 9.47. The number of nitro groups is 1. The fraction of sp³-hybridized carbons (Fsp3) is 0.421. The van der Waals surface area contributed by atoms with E-state index in [9.17, 15) is 14.9 Å². The number of hydrogen-bond donors (Lipinski definition) is 1. The minimum Gasteiger partial charge on any atom is -0.354 e. The molecule has 146 valence electrons. The molecule has 1 saturated heterocycles. The van der Waals surface area contributed by atoms with Crippen LogP contribution in [0, 0.1) is 10.1 Å². The average molecular weight is 382 g/mol. The predicted octanol–water partition coefficient (Wildman–Crippen LogP) is 2.44. The van der Waals surface area contributed by atoms with E-state index in [1.165, 1.54) is 12.1 Å². The zero-order chi connectivity index (χ0) is 19.7. The lowest BCUT2D eigenvalue weighted by atomic mass is 10.1. The van der Waals surface area contributed by atoms with Crippen molar-refractivity contribution < 1.29 is 9.72 Å². The maximum Gasteiger partial charge on any atom is 0.269 e. The van der Waals surface area contributed by atoms with E-state index in [4.69, 9.17) is 0 Å². The van der Waals surface area contributed by atoms with Crippen molar-refractivity contribution in [3.63, 3.8) is 0 Å². The zero-order valence-electron chi connectivity index (χ0n) is 15.7. The summed E-state index contributed by atoms with van der Waals surface area (Å²) in [6.45, 7) is 4.56. The minimum absolute atomic E-state index is 0.0441. The van der Waals surface area contributed by atoms with Crippen molar-refractivity contribution in [3.8, 4) is 0 Å². The van der Waals surface area contributed by atoms with E-state index >= 15 is 0 Å². The molecule has 4 rings (SSSR count). The zero-order valence-corrected chi connectivity index (χ0v) is 15.7. The molecule has 0 unspecified atom stereocenters. The van der Waals surface area contributed by atoms with Crippen molar-refractivity contribution in [1.82, 2.24) is 14.9 Å². The van der Waals surface area contributed by atoms with Crippen LogP contribution in [0.15, 0.2) is 30.5 Å². The van der Waals surface area contributed by atoms with Gasteiger partial charge in [-0.05, 0) is 25.3 Å². The van der Waals surface area contributed by atoms with Crippen molar-refractivity contribution >= 4 is 23.4 Å². The Hall–Kier alpha value is -3.23. The quantitative estimate of drug-likeness (QED) is 0.625. The van der Waals surface area contributed by atoms with Crippen LogP contribution in [0.4, 0.5) is 17.5 Å². The third-order valence-corrected chi connectivity index (χ3v) is 5.22. The molecule has 3 heterocycles. The molecule has 2 aromatic rings. The number of nitrogens with zero attached hydrogens (tertiary/aromatic N) is 5. The number of amides is 1. The molecule has 2 aliphatic rings. The van der Waals surface area contributed by atoms with E-state index in [1.54, 1.807) is 23.2 Å². The number of anilines is 2. The van der Waals surface area contributed by atoms with Crippen LogP contribution in [0.1, 0.15) is 35.7 Å². The summed E-state index contributed by atoms with van der Waals surface area (Å²) in [5.41, 5.74) is 1.41. The predicted molar refractivity (Wildman–Crippen MR) is 104 cm³/mol. The molecule has 0 radical (unpaired) electrons. The van der Waals surface area contributed by atoms with Crippen LogP contribution in [-0.4, -0.2) is 51.4 Å². The van der Waals surface area contributed by atoms with Crippen molar-refractivity contribution in [2.75, 3.05) is 29.9 Å². The molecule has 9 heteroatoms. The summed E-state index contributed by atoms with van der Waals surface area (Å²) in [5.74, 6) is 1.12. The second kappa shape index (κ2) is 7.41. The molecule has 28 heavy (non-hydrogen) atoms. The molecule has 0 saturated carbocycles. The summed E-state index contributed by atoms with van der Waals surface area (Å²) in [7, 11) is 0. The fourth-order valence-corrected chi connectivity index (χ4v) is 3.88. The second-order valence-corrected chi connectivity index (χ2v) is 7.06. The van der Waals surface area contributed by atoms with Crippen molar-refractivity contribution in [3.05, 3.63) is 51.7 Å². The number of benzene rings is 1. The van der Waals surface area contributed by atoms with E-state index < -0.39 is 4.92 Å². The van der Waals surface area contributed by atoms with Gasteiger partial charge in [0, 0.05) is 50.6 Å².